The van der Waals surface area contributed by atoms with Crippen molar-refractivity contribution in [2.24, 2.45) is 10.8 Å². The van der Waals surface area contributed by atoms with Crippen LogP contribution in [0, 0.1) is 6.92 Å². The Labute approximate surface area is 104 Å². The number of carbonyl (C=O) groups is 1. The molecule has 0 unspecified atom stereocenters. The first-order valence-corrected chi connectivity index (χ1v) is 5.40. The summed E-state index contributed by atoms with van der Waals surface area (Å²) < 4.78 is 4.90. The molecule has 0 spiro atoms. The Kier molecular flexibility index (Phi) is 4.65. The standard InChI is InChI=1S/C10H14N4O2S/c1-3-16-9(15)8-4-7(13-6(8)2)5-12-14-10(11)17/h4-5,13H,3H2,1-2H3,(H3,11,14,17). The van der Waals surface area contributed by atoms with E-state index in [0.717, 1.165) is 5.69 Å². The summed E-state index contributed by atoms with van der Waals surface area (Å²) in [4.78, 5) is 14.5. The van der Waals surface area contributed by atoms with Gasteiger partial charge in [-0.3, -0.25) is 5.43 Å². The number of hydrazone groups is 1. The van der Waals surface area contributed by atoms with E-state index in [0.29, 0.717) is 17.9 Å². The topological polar surface area (TPSA) is 92.5 Å². The molecule has 92 valence electrons. The van der Waals surface area contributed by atoms with Crippen molar-refractivity contribution in [3.05, 3.63) is 23.0 Å². The van der Waals surface area contributed by atoms with Crippen LogP contribution in [0.25, 0.3) is 0 Å². The van der Waals surface area contributed by atoms with Crippen LogP contribution in [0.1, 0.15) is 28.7 Å². The van der Waals surface area contributed by atoms with Gasteiger partial charge in [0.1, 0.15) is 0 Å². The van der Waals surface area contributed by atoms with Crippen LogP contribution < -0.4 is 11.2 Å². The minimum Gasteiger partial charge on any atom is -0.462 e. The Morgan fingerprint density at radius 2 is 2.47 bits per heavy atom. The summed E-state index contributed by atoms with van der Waals surface area (Å²) in [6.07, 6.45) is 1.48. The van der Waals surface area contributed by atoms with Crippen LogP contribution in [-0.2, 0) is 4.74 Å². The highest BCUT2D eigenvalue weighted by Gasteiger charge is 2.12. The third-order valence-electron chi connectivity index (χ3n) is 1.91. The number of nitrogens with two attached hydrogens (primary N) is 1. The molecule has 17 heavy (non-hydrogen) atoms. The first-order chi connectivity index (χ1) is 8.04. The molecule has 0 aliphatic heterocycles. The van der Waals surface area contributed by atoms with Gasteiger partial charge in [-0.2, -0.15) is 5.10 Å². The minimum atomic E-state index is -0.358. The zero-order valence-electron chi connectivity index (χ0n) is 9.61. The molecule has 0 fully saturated rings. The molecule has 0 atom stereocenters. The van der Waals surface area contributed by atoms with E-state index >= 15 is 0 Å². The number of nitrogens with one attached hydrogen (secondary N) is 2. The molecule has 1 aromatic rings. The Balaban J connectivity index is 2.77. The minimum absolute atomic E-state index is 0.0788. The summed E-state index contributed by atoms with van der Waals surface area (Å²) >= 11 is 4.59. The monoisotopic (exact) mass is 254 g/mol. The quantitative estimate of drug-likeness (QED) is 0.318. The van der Waals surface area contributed by atoms with Crippen molar-refractivity contribution < 1.29 is 9.53 Å². The highest BCUT2D eigenvalue weighted by atomic mass is 32.1. The molecule has 7 heteroatoms. The first-order valence-electron chi connectivity index (χ1n) is 4.99. The second kappa shape index (κ2) is 6.00. The van der Waals surface area contributed by atoms with Gasteiger partial charge in [-0.25, -0.2) is 4.79 Å². The van der Waals surface area contributed by atoms with Crippen molar-refractivity contribution in [1.82, 2.24) is 10.4 Å². The number of H-pyrrole nitrogens is 1. The van der Waals surface area contributed by atoms with Gasteiger partial charge in [-0.15, -0.1) is 0 Å². The molecule has 0 aliphatic rings. The number of rotatable bonds is 4. The van der Waals surface area contributed by atoms with Crippen molar-refractivity contribution in [2.75, 3.05) is 6.61 Å². The number of hydrogen-bond acceptors (Lipinski definition) is 4. The van der Waals surface area contributed by atoms with Crippen molar-refractivity contribution in [3.63, 3.8) is 0 Å². The summed E-state index contributed by atoms with van der Waals surface area (Å²) in [6.45, 7) is 3.88. The van der Waals surface area contributed by atoms with Crippen molar-refractivity contribution in [1.29, 1.82) is 0 Å². The van der Waals surface area contributed by atoms with Gasteiger partial charge in [0, 0.05) is 5.69 Å². The molecule has 0 saturated heterocycles. The van der Waals surface area contributed by atoms with E-state index in [1.807, 2.05) is 0 Å². The van der Waals surface area contributed by atoms with E-state index in [1.54, 1.807) is 19.9 Å². The number of hydrogen-bond donors (Lipinski definition) is 3. The summed E-state index contributed by atoms with van der Waals surface area (Å²) in [5.41, 5.74) is 9.49. The Bertz CT molecular complexity index is 453. The predicted octanol–water partition coefficient (Wildman–Crippen LogP) is 0.667. The van der Waals surface area contributed by atoms with Gasteiger partial charge in [-0.05, 0) is 32.1 Å². The summed E-state index contributed by atoms with van der Waals surface area (Å²) in [6, 6.07) is 1.65. The number of ether oxygens (including phenoxy) is 1. The first kappa shape index (κ1) is 13.2. The SMILES string of the molecule is CCOC(=O)c1cc(C=NNC(N)=S)[nH]c1C. The third-order valence-corrected chi connectivity index (χ3v) is 2.00. The average molecular weight is 254 g/mol. The van der Waals surface area contributed by atoms with Crippen molar-refractivity contribution in [2.45, 2.75) is 13.8 Å². The van der Waals surface area contributed by atoms with E-state index in [4.69, 9.17) is 10.5 Å². The second-order valence-corrected chi connectivity index (χ2v) is 3.66. The lowest BCUT2D eigenvalue weighted by atomic mass is 10.2. The van der Waals surface area contributed by atoms with Gasteiger partial charge in [0.2, 0.25) is 0 Å². The largest absolute Gasteiger partial charge is 0.462 e. The van der Waals surface area contributed by atoms with E-state index in [-0.39, 0.29) is 11.1 Å². The molecule has 0 aliphatic carbocycles. The number of aromatic nitrogens is 1. The molecular weight excluding hydrogens is 240 g/mol. The number of nitrogens with zero attached hydrogens (tertiary/aromatic N) is 1. The van der Waals surface area contributed by atoms with Crippen molar-refractivity contribution in [3.8, 4) is 0 Å². The number of carbonyl (C=O) groups excluding carboxylic acids is 1. The van der Waals surface area contributed by atoms with Crippen LogP contribution in [0.4, 0.5) is 0 Å². The molecule has 0 aromatic carbocycles. The molecule has 1 rings (SSSR count). The summed E-state index contributed by atoms with van der Waals surface area (Å²) in [5.74, 6) is -0.358. The maximum atomic E-state index is 11.5. The van der Waals surface area contributed by atoms with Gasteiger partial charge >= 0.3 is 5.97 Å². The fraction of sp³-hybridized carbons (Fsp3) is 0.300. The lowest BCUT2D eigenvalue weighted by molar-refractivity contribution is 0.0526. The molecule has 6 nitrogen and oxygen atoms in total. The fourth-order valence-corrected chi connectivity index (χ4v) is 1.29. The fourth-order valence-electron chi connectivity index (χ4n) is 1.24. The van der Waals surface area contributed by atoms with Crippen LogP contribution in [0.2, 0.25) is 0 Å². The molecule has 0 bridgehead atoms. The van der Waals surface area contributed by atoms with E-state index in [2.05, 4.69) is 27.7 Å². The maximum Gasteiger partial charge on any atom is 0.339 e. The molecule has 1 aromatic heterocycles. The zero-order chi connectivity index (χ0) is 12.8. The number of aromatic amines is 1. The molecule has 0 saturated carbocycles. The molecule has 0 radical (unpaired) electrons. The van der Waals surface area contributed by atoms with Crippen LogP contribution in [-0.4, -0.2) is 28.9 Å². The third kappa shape index (κ3) is 3.87. The lowest BCUT2D eigenvalue weighted by Crippen LogP contribution is -2.24. The highest BCUT2D eigenvalue weighted by molar-refractivity contribution is 7.80. The lowest BCUT2D eigenvalue weighted by Gasteiger charge is -1.98. The van der Waals surface area contributed by atoms with E-state index < -0.39 is 0 Å². The van der Waals surface area contributed by atoms with Crippen LogP contribution in [0.3, 0.4) is 0 Å². The second-order valence-electron chi connectivity index (χ2n) is 3.22. The van der Waals surface area contributed by atoms with Crippen LogP contribution in [0.15, 0.2) is 11.2 Å². The molecule has 0 amide bonds. The van der Waals surface area contributed by atoms with Gasteiger partial charge in [-0.1, -0.05) is 0 Å². The van der Waals surface area contributed by atoms with Crippen LogP contribution in [0.5, 0.6) is 0 Å². The molecular formula is C10H14N4O2S. The number of esters is 1. The van der Waals surface area contributed by atoms with E-state index in [1.165, 1.54) is 6.21 Å². The van der Waals surface area contributed by atoms with E-state index in [9.17, 15) is 4.79 Å². The molecule has 1 heterocycles. The summed E-state index contributed by atoms with van der Waals surface area (Å²) in [5, 5.41) is 3.86. The maximum absolute atomic E-state index is 11.5. The smallest absolute Gasteiger partial charge is 0.339 e. The zero-order valence-corrected chi connectivity index (χ0v) is 10.4. The molecule has 4 N–H and O–H groups in total. The summed E-state index contributed by atoms with van der Waals surface area (Å²) in [7, 11) is 0. The van der Waals surface area contributed by atoms with Gasteiger partial charge in [0.15, 0.2) is 5.11 Å². The highest BCUT2D eigenvalue weighted by Crippen LogP contribution is 2.10. The Morgan fingerprint density at radius 3 is 3.06 bits per heavy atom. The average Bonchev–Trinajstić information content (AvgIpc) is 2.59. The van der Waals surface area contributed by atoms with Gasteiger partial charge in [0.05, 0.1) is 24.1 Å². The number of aryl methyl sites for hydroxylation is 1. The van der Waals surface area contributed by atoms with Crippen molar-refractivity contribution >= 4 is 29.5 Å². The Hall–Kier alpha value is -1.89. The van der Waals surface area contributed by atoms with Crippen LogP contribution >= 0.6 is 12.2 Å². The predicted molar refractivity (Wildman–Crippen MR) is 69.0 cm³/mol. The Morgan fingerprint density at radius 1 is 1.76 bits per heavy atom. The van der Waals surface area contributed by atoms with Gasteiger partial charge in [0.25, 0.3) is 0 Å². The van der Waals surface area contributed by atoms with Gasteiger partial charge < -0.3 is 15.5 Å². The number of thiocarbonyl (C=S) groups is 1. The normalized spacial score (nSPS) is 10.5.